The van der Waals surface area contributed by atoms with Crippen molar-refractivity contribution in [3.63, 3.8) is 0 Å². The number of carbonyl (C=O) groups is 1. The van der Waals surface area contributed by atoms with Crippen molar-refractivity contribution in [2.45, 2.75) is 51.2 Å². The van der Waals surface area contributed by atoms with E-state index in [2.05, 4.69) is 41.4 Å². The molecule has 1 saturated carbocycles. The van der Waals surface area contributed by atoms with E-state index in [1.807, 2.05) is 0 Å². The van der Waals surface area contributed by atoms with E-state index >= 15 is 0 Å². The van der Waals surface area contributed by atoms with Crippen LogP contribution in [-0.2, 0) is 6.54 Å². The molecule has 1 aliphatic carbocycles. The van der Waals surface area contributed by atoms with Crippen molar-refractivity contribution in [1.82, 2.24) is 15.1 Å². The summed E-state index contributed by atoms with van der Waals surface area (Å²) in [5.41, 5.74) is 2.74. The quantitative estimate of drug-likeness (QED) is 0.839. The van der Waals surface area contributed by atoms with E-state index in [9.17, 15) is 4.79 Å². The first-order valence-electron chi connectivity index (χ1n) is 9.12. The van der Waals surface area contributed by atoms with Gasteiger partial charge in [-0.1, -0.05) is 24.3 Å². The minimum atomic E-state index is 0.00361. The first kappa shape index (κ1) is 17.2. The van der Waals surface area contributed by atoms with E-state index in [4.69, 9.17) is 5.11 Å². The molecule has 0 aromatic heterocycles. The molecule has 1 aromatic carbocycles. The predicted molar refractivity (Wildman–Crippen MR) is 94.8 cm³/mol. The summed E-state index contributed by atoms with van der Waals surface area (Å²) in [6, 6.07) is 9.15. The molecule has 3 rings (SSSR count). The summed E-state index contributed by atoms with van der Waals surface area (Å²) >= 11 is 0. The number of nitrogens with one attached hydrogen (secondary N) is 1. The normalized spacial score (nSPS) is 19.2. The second-order valence-corrected chi connectivity index (χ2v) is 7.07. The molecule has 24 heavy (non-hydrogen) atoms. The monoisotopic (exact) mass is 331 g/mol. The highest BCUT2D eigenvalue weighted by atomic mass is 16.3. The zero-order valence-electron chi connectivity index (χ0n) is 14.6. The number of amides is 2. The maximum Gasteiger partial charge on any atom is 0.317 e. The lowest BCUT2D eigenvalue weighted by Crippen LogP contribution is -2.50. The van der Waals surface area contributed by atoms with Crippen molar-refractivity contribution in [2.75, 3.05) is 26.2 Å². The molecule has 0 radical (unpaired) electrons. The van der Waals surface area contributed by atoms with Crippen LogP contribution in [0.3, 0.4) is 0 Å². The van der Waals surface area contributed by atoms with Crippen molar-refractivity contribution < 1.29 is 9.90 Å². The number of aliphatic hydroxyl groups excluding tert-OH is 1. The Labute approximate surface area is 144 Å². The summed E-state index contributed by atoms with van der Waals surface area (Å²) in [4.78, 5) is 16.7. The van der Waals surface area contributed by atoms with Crippen LogP contribution in [-0.4, -0.2) is 59.3 Å². The second-order valence-electron chi connectivity index (χ2n) is 7.07. The summed E-state index contributed by atoms with van der Waals surface area (Å²) in [5, 5.41) is 12.3. The number of piperidine rings is 1. The Hall–Kier alpha value is -1.59. The van der Waals surface area contributed by atoms with Gasteiger partial charge in [-0.25, -0.2) is 4.79 Å². The summed E-state index contributed by atoms with van der Waals surface area (Å²) in [5.74, 6) is 0. The van der Waals surface area contributed by atoms with Crippen LogP contribution in [0.4, 0.5) is 4.79 Å². The molecule has 0 unspecified atom stereocenters. The molecule has 1 aliphatic heterocycles. The van der Waals surface area contributed by atoms with Crippen molar-refractivity contribution >= 4 is 6.03 Å². The minimum Gasteiger partial charge on any atom is -0.395 e. The van der Waals surface area contributed by atoms with Gasteiger partial charge in [-0.15, -0.1) is 0 Å². The first-order valence-corrected chi connectivity index (χ1v) is 9.12. The lowest BCUT2D eigenvalue weighted by atomic mass is 10.0. The van der Waals surface area contributed by atoms with Crippen molar-refractivity contribution in [1.29, 1.82) is 0 Å². The predicted octanol–water partition coefficient (Wildman–Crippen LogP) is 2.13. The van der Waals surface area contributed by atoms with Crippen LogP contribution in [0.25, 0.3) is 0 Å². The molecule has 2 N–H and O–H groups in total. The smallest absolute Gasteiger partial charge is 0.317 e. The van der Waals surface area contributed by atoms with Crippen LogP contribution in [0.2, 0.25) is 0 Å². The minimum absolute atomic E-state index is 0.00361. The molecule has 5 heteroatoms. The summed E-state index contributed by atoms with van der Waals surface area (Å²) < 4.78 is 0. The fourth-order valence-corrected chi connectivity index (χ4v) is 3.47. The largest absolute Gasteiger partial charge is 0.395 e. The molecule has 0 spiro atoms. The number of benzene rings is 1. The molecular formula is C19H29N3O2. The second kappa shape index (κ2) is 7.99. The third-order valence-electron chi connectivity index (χ3n) is 5.16. The maximum absolute atomic E-state index is 12.4. The topological polar surface area (TPSA) is 55.8 Å². The zero-order chi connectivity index (χ0) is 16.9. The van der Waals surface area contributed by atoms with Crippen LogP contribution in [0.15, 0.2) is 24.3 Å². The fourth-order valence-electron chi connectivity index (χ4n) is 3.47. The number of urea groups is 1. The van der Waals surface area contributed by atoms with Crippen LogP contribution in [0.1, 0.15) is 36.8 Å². The number of aliphatic hydroxyl groups is 1. The Morgan fingerprint density at radius 1 is 1.25 bits per heavy atom. The Morgan fingerprint density at radius 2 is 1.96 bits per heavy atom. The third-order valence-corrected chi connectivity index (χ3v) is 5.16. The molecule has 1 heterocycles. The summed E-state index contributed by atoms with van der Waals surface area (Å²) in [7, 11) is 0. The Bertz CT molecular complexity index is 551. The van der Waals surface area contributed by atoms with Gasteiger partial charge in [0.05, 0.1) is 6.61 Å². The van der Waals surface area contributed by atoms with Gasteiger partial charge in [0.2, 0.25) is 0 Å². The average molecular weight is 331 g/mol. The van der Waals surface area contributed by atoms with Crippen molar-refractivity contribution in [2.24, 2.45) is 0 Å². The Morgan fingerprint density at radius 3 is 2.58 bits per heavy atom. The molecule has 1 saturated heterocycles. The van der Waals surface area contributed by atoms with E-state index in [0.717, 1.165) is 45.3 Å². The molecule has 5 nitrogen and oxygen atoms in total. The first-order chi connectivity index (χ1) is 11.7. The van der Waals surface area contributed by atoms with Crippen molar-refractivity contribution in [3.8, 4) is 0 Å². The number of likely N-dealkylation sites (tertiary alicyclic amines) is 1. The molecular weight excluding hydrogens is 302 g/mol. The zero-order valence-corrected chi connectivity index (χ0v) is 14.6. The van der Waals surface area contributed by atoms with Crippen LogP contribution >= 0.6 is 0 Å². The number of carbonyl (C=O) groups excluding carboxylic acids is 1. The highest BCUT2D eigenvalue weighted by molar-refractivity contribution is 5.75. The van der Waals surface area contributed by atoms with Crippen LogP contribution in [0, 0.1) is 6.92 Å². The van der Waals surface area contributed by atoms with Crippen LogP contribution < -0.4 is 5.32 Å². The fraction of sp³-hybridized carbons (Fsp3) is 0.632. The van der Waals surface area contributed by atoms with Gasteiger partial charge >= 0.3 is 6.03 Å². The molecule has 2 aliphatic rings. The van der Waals surface area contributed by atoms with Gasteiger partial charge in [-0.2, -0.15) is 0 Å². The highest BCUT2D eigenvalue weighted by Crippen LogP contribution is 2.26. The molecule has 2 fully saturated rings. The average Bonchev–Trinajstić information content (AvgIpc) is 3.41. The number of rotatable bonds is 6. The molecule has 0 bridgehead atoms. The van der Waals surface area contributed by atoms with Gasteiger partial charge in [0.1, 0.15) is 0 Å². The lowest BCUT2D eigenvalue weighted by Gasteiger charge is -2.34. The van der Waals surface area contributed by atoms with Gasteiger partial charge in [0, 0.05) is 38.3 Å². The summed E-state index contributed by atoms with van der Waals surface area (Å²) in [6.07, 6.45) is 4.13. The van der Waals surface area contributed by atoms with Gasteiger partial charge in [0.25, 0.3) is 0 Å². The van der Waals surface area contributed by atoms with E-state index < -0.39 is 0 Å². The standard InChI is InChI=1S/C19H29N3O2/c1-15-4-2-3-5-16(15)14-21-10-8-17(9-11-21)20-19(24)22(12-13-23)18-6-7-18/h2-5,17-18,23H,6-14H2,1H3,(H,20,24). The van der Waals surface area contributed by atoms with Gasteiger partial charge in [-0.05, 0) is 43.7 Å². The number of hydrogen-bond acceptors (Lipinski definition) is 3. The van der Waals surface area contributed by atoms with E-state index in [-0.39, 0.29) is 18.7 Å². The maximum atomic E-state index is 12.4. The molecule has 132 valence electrons. The van der Waals surface area contributed by atoms with E-state index in [1.54, 1.807) is 4.90 Å². The SMILES string of the molecule is Cc1ccccc1CN1CCC(NC(=O)N(CCO)C2CC2)CC1. The number of nitrogens with zero attached hydrogens (tertiary/aromatic N) is 2. The molecule has 1 aromatic rings. The Balaban J connectivity index is 1.45. The van der Waals surface area contributed by atoms with Crippen LogP contribution in [0.5, 0.6) is 0 Å². The number of aryl methyl sites for hydroxylation is 1. The summed E-state index contributed by atoms with van der Waals surface area (Å²) in [6.45, 7) is 5.68. The van der Waals surface area contributed by atoms with Gasteiger partial charge < -0.3 is 15.3 Å². The third kappa shape index (κ3) is 4.48. The Kier molecular flexibility index (Phi) is 5.74. The van der Waals surface area contributed by atoms with Gasteiger partial charge in [-0.3, -0.25) is 4.90 Å². The molecule has 2 amide bonds. The van der Waals surface area contributed by atoms with Gasteiger partial charge in [0.15, 0.2) is 0 Å². The van der Waals surface area contributed by atoms with E-state index in [1.165, 1.54) is 11.1 Å². The van der Waals surface area contributed by atoms with Crippen molar-refractivity contribution in [3.05, 3.63) is 35.4 Å². The molecule has 0 atom stereocenters. The highest BCUT2D eigenvalue weighted by Gasteiger charge is 2.33. The van der Waals surface area contributed by atoms with E-state index in [0.29, 0.717) is 12.6 Å². The lowest BCUT2D eigenvalue weighted by molar-refractivity contribution is 0.156. The number of hydrogen-bond donors (Lipinski definition) is 2.